The van der Waals surface area contributed by atoms with E-state index in [4.69, 9.17) is 4.84 Å². The van der Waals surface area contributed by atoms with E-state index >= 15 is 0 Å². The lowest BCUT2D eigenvalue weighted by atomic mass is 10.2. The Hall–Kier alpha value is -2.29. The quantitative estimate of drug-likeness (QED) is 0.668. The fraction of sp³-hybridized carbons (Fsp3) is 0.0714. The molecule has 0 spiro atoms. The molecule has 0 aliphatic carbocycles. The SMILES string of the molecule is Cc1cccc(On2cnc3ccccc32)c1. The number of nitrogens with zero attached hydrogens (tertiary/aromatic N) is 2. The molecule has 3 aromatic rings. The number of rotatable bonds is 2. The van der Waals surface area contributed by atoms with Crippen molar-refractivity contribution in [3.8, 4) is 5.75 Å². The molecule has 0 atom stereocenters. The molecule has 0 aliphatic heterocycles. The van der Waals surface area contributed by atoms with Crippen LogP contribution in [0.15, 0.2) is 54.9 Å². The zero-order chi connectivity index (χ0) is 11.7. The van der Waals surface area contributed by atoms with Gasteiger partial charge in [0.25, 0.3) is 0 Å². The number of aromatic nitrogens is 2. The molecule has 1 heterocycles. The van der Waals surface area contributed by atoms with Crippen molar-refractivity contribution in [1.82, 2.24) is 9.71 Å². The molecule has 0 saturated heterocycles. The summed E-state index contributed by atoms with van der Waals surface area (Å²) in [6.07, 6.45) is 1.69. The van der Waals surface area contributed by atoms with E-state index < -0.39 is 0 Å². The van der Waals surface area contributed by atoms with Crippen molar-refractivity contribution in [2.24, 2.45) is 0 Å². The van der Waals surface area contributed by atoms with Gasteiger partial charge < -0.3 is 4.84 Å². The van der Waals surface area contributed by atoms with Crippen LogP contribution in [0.1, 0.15) is 5.56 Å². The van der Waals surface area contributed by atoms with Crippen molar-refractivity contribution in [2.75, 3.05) is 0 Å². The summed E-state index contributed by atoms with van der Waals surface area (Å²) in [4.78, 5) is 10.0. The number of para-hydroxylation sites is 2. The number of aryl methyl sites for hydroxylation is 1. The molecular weight excluding hydrogens is 212 g/mol. The van der Waals surface area contributed by atoms with Gasteiger partial charge in [0, 0.05) is 0 Å². The molecule has 17 heavy (non-hydrogen) atoms. The Morgan fingerprint density at radius 3 is 2.82 bits per heavy atom. The van der Waals surface area contributed by atoms with Gasteiger partial charge in [-0.3, -0.25) is 0 Å². The van der Waals surface area contributed by atoms with Crippen molar-refractivity contribution in [2.45, 2.75) is 6.92 Å². The third-order valence-corrected chi connectivity index (χ3v) is 2.61. The number of hydrogen-bond donors (Lipinski definition) is 0. The van der Waals surface area contributed by atoms with Gasteiger partial charge in [-0.15, -0.1) is 0 Å². The maximum atomic E-state index is 5.77. The molecule has 0 N–H and O–H groups in total. The highest BCUT2D eigenvalue weighted by molar-refractivity contribution is 5.74. The van der Waals surface area contributed by atoms with E-state index in [0.717, 1.165) is 16.8 Å². The smallest absolute Gasteiger partial charge is 0.156 e. The van der Waals surface area contributed by atoms with Crippen LogP contribution in [0, 0.1) is 6.92 Å². The Balaban J connectivity index is 2.00. The topological polar surface area (TPSA) is 27.1 Å². The van der Waals surface area contributed by atoms with E-state index in [0.29, 0.717) is 0 Å². The average Bonchev–Trinajstić information content (AvgIpc) is 2.73. The first-order chi connectivity index (χ1) is 8.33. The van der Waals surface area contributed by atoms with Crippen molar-refractivity contribution in [1.29, 1.82) is 0 Å². The van der Waals surface area contributed by atoms with Gasteiger partial charge in [0.15, 0.2) is 5.75 Å². The lowest BCUT2D eigenvalue weighted by Crippen LogP contribution is -2.02. The van der Waals surface area contributed by atoms with Gasteiger partial charge in [0.2, 0.25) is 0 Å². The highest BCUT2D eigenvalue weighted by atomic mass is 16.7. The lowest BCUT2D eigenvalue weighted by molar-refractivity contribution is 0.227. The van der Waals surface area contributed by atoms with Crippen LogP contribution in [0.3, 0.4) is 0 Å². The first-order valence-electron chi connectivity index (χ1n) is 5.50. The highest BCUT2D eigenvalue weighted by Crippen LogP contribution is 2.17. The summed E-state index contributed by atoms with van der Waals surface area (Å²) in [6.45, 7) is 2.04. The van der Waals surface area contributed by atoms with Crippen LogP contribution in [0.2, 0.25) is 0 Å². The zero-order valence-corrected chi connectivity index (χ0v) is 9.50. The van der Waals surface area contributed by atoms with Crippen LogP contribution in [-0.2, 0) is 0 Å². The molecule has 3 nitrogen and oxygen atoms in total. The van der Waals surface area contributed by atoms with E-state index in [1.807, 2.05) is 55.5 Å². The van der Waals surface area contributed by atoms with Gasteiger partial charge in [-0.1, -0.05) is 24.3 Å². The third kappa shape index (κ3) is 1.87. The predicted octanol–water partition coefficient (Wildman–Crippen LogP) is 3.19. The number of imidazole rings is 1. The second-order valence-corrected chi connectivity index (χ2v) is 3.97. The molecule has 0 fully saturated rings. The molecule has 0 bridgehead atoms. The first-order valence-corrected chi connectivity index (χ1v) is 5.50. The van der Waals surface area contributed by atoms with Crippen molar-refractivity contribution < 1.29 is 4.84 Å². The van der Waals surface area contributed by atoms with E-state index in [-0.39, 0.29) is 0 Å². The summed E-state index contributed by atoms with van der Waals surface area (Å²) in [5, 5.41) is 0. The van der Waals surface area contributed by atoms with E-state index in [1.54, 1.807) is 11.1 Å². The van der Waals surface area contributed by atoms with Crippen LogP contribution in [0.25, 0.3) is 11.0 Å². The summed E-state index contributed by atoms with van der Waals surface area (Å²) in [5.41, 5.74) is 3.07. The molecular formula is C14H12N2O. The molecule has 0 saturated carbocycles. The fourth-order valence-electron chi connectivity index (χ4n) is 1.79. The monoisotopic (exact) mass is 224 g/mol. The summed E-state index contributed by atoms with van der Waals surface area (Å²) < 4.78 is 1.68. The van der Waals surface area contributed by atoms with Crippen molar-refractivity contribution >= 4 is 11.0 Å². The van der Waals surface area contributed by atoms with Crippen LogP contribution in [-0.4, -0.2) is 9.71 Å². The maximum absolute atomic E-state index is 5.77. The highest BCUT2D eigenvalue weighted by Gasteiger charge is 2.02. The summed E-state index contributed by atoms with van der Waals surface area (Å²) in [5.74, 6) is 0.813. The minimum absolute atomic E-state index is 0.813. The molecule has 84 valence electrons. The van der Waals surface area contributed by atoms with E-state index in [1.165, 1.54) is 5.56 Å². The van der Waals surface area contributed by atoms with Crippen molar-refractivity contribution in [3.63, 3.8) is 0 Å². The van der Waals surface area contributed by atoms with Crippen molar-refractivity contribution in [3.05, 3.63) is 60.4 Å². The Bertz CT molecular complexity index is 658. The van der Waals surface area contributed by atoms with Crippen LogP contribution >= 0.6 is 0 Å². The van der Waals surface area contributed by atoms with Gasteiger partial charge in [-0.25, -0.2) is 4.98 Å². The first kappa shape index (κ1) is 9.90. The zero-order valence-electron chi connectivity index (χ0n) is 9.50. The second-order valence-electron chi connectivity index (χ2n) is 3.97. The molecule has 0 radical (unpaired) electrons. The predicted molar refractivity (Wildman–Crippen MR) is 66.9 cm³/mol. The van der Waals surface area contributed by atoms with Gasteiger partial charge in [0.1, 0.15) is 11.8 Å². The van der Waals surface area contributed by atoms with Crippen LogP contribution < -0.4 is 4.84 Å². The average molecular weight is 224 g/mol. The van der Waals surface area contributed by atoms with Gasteiger partial charge in [-0.05, 0) is 36.8 Å². The Labute approximate surface area is 99.2 Å². The summed E-state index contributed by atoms with van der Waals surface area (Å²) in [6, 6.07) is 15.8. The minimum atomic E-state index is 0.813. The second kappa shape index (κ2) is 3.94. The van der Waals surface area contributed by atoms with Gasteiger partial charge in [0.05, 0.1) is 5.52 Å². The molecule has 3 heteroatoms. The fourth-order valence-corrected chi connectivity index (χ4v) is 1.79. The van der Waals surface area contributed by atoms with E-state index in [9.17, 15) is 0 Å². The van der Waals surface area contributed by atoms with E-state index in [2.05, 4.69) is 4.98 Å². The molecule has 0 unspecified atom stereocenters. The lowest BCUT2D eigenvalue weighted by Gasteiger charge is -2.06. The largest absolute Gasteiger partial charge is 0.374 e. The summed E-state index contributed by atoms with van der Waals surface area (Å²) in [7, 11) is 0. The molecule has 0 amide bonds. The van der Waals surface area contributed by atoms with Crippen LogP contribution in [0.5, 0.6) is 5.75 Å². The molecule has 0 aliphatic rings. The standard InChI is InChI=1S/C14H12N2O/c1-11-5-4-6-12(9-11)17-16-10-15-13-7-2-3-8-14(13)16/h2-10H,1H3. The third-order valence-electron chi connectivity index (χ3n) is 2.61. The summed E-state index contributed by atoms with van der Waals surface area (Å²) >= 11 is 0. The Morgan fingerprint density at radius 1 is 1.06 bits per heavy atom. The minimum Gasteiger partial charge on any atom is -0.374 e. The molecule has 3 rings (SSSR count). The number of hydrogen-bond acceptors (Lipinski definition) is 2. The van der Waals surface area contributed by atoms with Gasteiger partial charge >= 0.3 is 0 Å². The maximum Gasteiger partial charge on any atom is 0.156 e. The normalized spacial score (nSPS) is 10.6. The molecule has 1 aromatic heterocycles. The Kier molecular flexibility index (Phi) is 2.29. The number of benzene rings is 2. The number of fused-ring (bicyclic) bond motifs is 1. The molecule has 2 aromatic carbocycles. The van der Waals surface area contributed by atoms with Crippen LogP contribution in [0.4, 0.5) is 0 Å². The van der Waals surface area contributed by atoms with Gasteiger partial charge in [-0.2, -0.15) is 4.73 Å². The Morgan fingerprint density at radius 2 is 1.94 bits per heavy atom.